The van der Waals surface area contributed by atoms with E-state index in [9.17, 15) is 19.8 Å². The van der Waals surface area contributed by atoms with Gasteiger partial charge in [-0.15, -0.1) is 0 Å². The highest BCUT2D eigenvalue weighted by molar-refractivity contribution is 6.15. The number of halogens is 6. The Bertz CT molecular complexity index is 4990. The van der Waals surface area contributed by atoms with Crippen molar-refractivity contribution in [2.24, 2.45) is 0 Å². The molecule has 20 nitrogen and oxygen atoms in total. The summed E-state index contributed by atoms with van der Waals surface area (Å²) in [7, 11) is 5.49. The van der Waals surface area contributed by atoms with Gasteiger partial charge in [0.15, 0.2) is 11.6 Å². The number of piperazine rings is 2. The molecule has 2 N–H and O–H groups in total. The Morgan fingerprint density at radius 3 is 1.63 bits per heavy atom. The van der Waals surface area contributed by atoms with Crippen molar-refractivity contribution < 1.29 is 55.7 Å². The van der Waals surface area contributed by atoms with Crippen LogP contribution in [0.15, 0.2) is 95.2 Å². The van der Waals surface area contributed by atoms with Crippen LogP contribution in [0.4, 0.5) is 49.1 Å². The standard InChI is InChI=1S/C75H76F6N12O8/c1-13-54(96)87-35-51-73(99)91(43-32-85(12)33-43)71-69(90(51)30-40(87)8)45-29-49(79)59(57-47(77)18-15-20-53(57)95)61(81)67(45)93(75(71)101)65-39(7)27-42(83-63(65)37(4)5)21-22-55(97)88-34-50-72(98)86(26-16-25-84(10)11)70-68(89(50)31-41(88)9)44-28-48(78)58(56-46(76)17-14-19-52(56)94)60(80)66(44)92(74(70)100)64-38(6)23-24-82-62(64)36(2)3/h13-15,17-24,27-29,36-37,40-41,43,50-51,94-95H,1,16,25-26,30-35H2,2-12H3/b22-21-. The summed E-state index contributed by atoms with van der Waals surface area (Å²) in [5.74, 6) is -12.4. The number of phenolic OH excluding ortho intramolecular Hbond substituents is 2. The van der Waals surface area contributed by atoms with Crippen LogP contribution in [0.2, 0.25) is 0 Å². The molecule has 4 unspecified atom stereocenters. The number of hydrogen-bond donors (Lipinski definition) is 2. The molecular weight excluding hydrogens is 1310 g/mol. The second-order valence-electron chi connectivity index (χ2n) is 27.9. The molecule has 5 aliphatic heterocycles. The van der Waals surface area contributed by atoms with Gasteiger partial charge in [-0.3, -0.25) is 52.8 Å². The summed E-state index contributed by atoms with van der Waals surface area (Å²) in [6.45, 7) is 17.9. The number of pyridine rings is 4. The minimum Gasteiger partial charge on any atom is -0.507 e. The van der Waals surface area contributed by atoms with E-state index < -0.39 is 151 Å². The first-order valence-corrected chi connectivity index (χ1v) is 33.5. The van der Waals surface area contributed by atoms with Crippen LogP contribution in [0.5, 0.6) is 11.5 Å². The topological polar surface area (TPSA) is 204 Å². The molecule has 0 aliphatic carbocycles. The summed E-state index contributed by atoms with van der Waals surface area (Å²) < 4.78 is 105. The molecule has 3 fully saturated rings. The summed E-state index contributed by atoms with van der Waals surface area (Å²) in [5.41, 5.74) is -5.08. The molecule has 4 aromatic heterocycles. The molecule has 0 spiro atoms. The maximum Gasteiger partial charge on any atom is 0.281 e. The number of rotatable bonds is 14. The number of aromatic hydroxyl groups is 2. The summed E-state index contributed by atoms with van der Waals surface area (Å²) in [5, 5.41) is 21.8. The molecule has 0 radical (unpaired) electrons. The molecule has 8 aromatic rings. The minimum atomic E-state index is -1.42. The summed E-state index contributed by atoms with van der Waals surface area (Å²) in [4.78, 5) is 113. The van der Waals surface area contributed by atoms with Gasteiger partial charge in [-0.25, -0.2) is 26.3 Å². The Hall–Kier alpha value is -10.3. The lowest BCUT2D eigenvalue weighted by molar-refractivity contribution is -0.132. The maximum absolute atomic E-state index is 18.4. The molecule has 0 bridgehead atoms. The molecule has 9 heterocycles. The molecule has 3 saturated heterocycles. The number of hydrogen-bond acceptors (Lipinski definition) is 14. The van der Waals surface area contributed by atoms with E-state index in [0.29, 0.717) is 37.3 Å². The van der Waals surface area contributed by atoms with Crippen molar-refractivity contribution in [3.05, 3.63) is 169 Å². The van der Waals surface area contributed by atoms with Crippen molar-refractivity contribution >= 4 is 74.3 Å². The Labute approximate surface area is 577 Å². The number of amides is 4. The van der Waals surface area contributed by atoms with Gasteiger partial charge in [0.2, 0.25) is 11.8 Å². The molecule has 5 aliphatic rings. The Kier molecular flexibility index (Phi) is 17.8. The first-order chi connectivity index (χ1) is 48.0. The van der Waals surface area contributed by atoms with E-state index >= 15 is 45.5 Å². The van der Waals surface area contributed by atoms with Crippen molar-refractivity contribution in [1.82, 2.24) is 38.7 Å². The highest BCUT2D eigenvalue weighted by Gasteiger charge is 2.52. The fourth-order valence-electron chi connectivity index (χ4n) is 15.5. The van der Waals surface area contributed by atoms with Crippen LogP contribution in [0, 0.1) is 48.8 Å². The molecule has 26 heteroatoms. The van der Waals surface area contributed by atoms with Crippen molar-refractivity contribution in [2.45, 2.75) is 104 Å². The molecule has 101 heavy (non-hydrogen) atoms. The van der Waals surface area contributed by atoms with Crippen LogP contribution in [0.1, 0.15) is 88.0 Å². The van der Waals surface area contributed by atoms with Crippen molar-refractivity contribution in [1.29, 1.82) is 0 Å². The number of nitrogens with zero attached hydrogens (tertiary/aromatic N) is 12. The highest BCUT2D eigenvalue weighted by Crippen LogP contribution is 2.50. The van der Waals surface area contributed by atoms with Crippen LogP contribution in [-0.4, -0.2) is 176 Å². The van der Waals surface area contributed by atoms with Crippen molar-refractivity contribution in [2.75, 3.05) is 93.1 Å². The van der Waals surface area contributed by atoms with Gasteiger partial charge in [-0.05, 0) is 145 Å². The molecule has 4 aromatic carbocycles. The quantitative estimate of drug-likeness (QED) is 0.0768. The van der Waals surface area contributed by atoms with Gasteiger partial charge >= 0.3 is 0 Å². The SMILES string of the molecule is C=CC(=O)N1CC2C(=O)N(C3CN(C)C3)c3c(c4cc(F)c(-c5c(O)cccc5F)c(F)c4n(-c4c(C)cc(/C=C\C(=O)N5CC6C(=O)N(CCCN(C)C)c7c(c8cc(F)c(-c9c(O)cccc9F)c(F)c8n(-c8c(C)ccnc8C(C)C)c7=O)N6CC5C)nc4C(C)C)c3=O)N2CC1C. The number of carbonyl (C=O) groups excluding carboxylic acids is 4. The van der Waals surface area contributed by atoms with Crippen LogP contribution in [0.25, 0.3) is 61.5 Å². The Balaban J connectivity index is 0.941. The summed E-state index contributed by atoms with van der Waals surface area (Å²) in [6.07, 6.45) is 5.65. The summed E-state index contributed by atoms with van der Waals surface area (Å²) in [6, 6.07) is 7.06. The molecular formula is C75H76F6N12O8. The predicted octanol–water partition coefficient (Wildman–Crippen LogP) is 10.2. The van der Waals surface area contributed by atoms with Gasteiger partial charge in [0, 0.05) is 67.9 Å². The molecule has 0 saturated carbocycles. The van der Waals surface area contributed by atoms with E-state index in [1.807, 2.05) is 44.8 Å². The molecule has 13 rings (SSSR count). The minimum absolute atomic E-state index is 0.00753. The Morgan fingerprint density at radius 1 is 0.624 bits per heavy atom. The van der Waals surface area contributed by atoms with Gasteiger partial charge in [0.1, 0.15) is 58.2 Å². The van der Waals surface area contributed by atoms with Crippen LogP contribution in [0.3, 0.4) is 0 Å². The number of likely N-dealkylation sites (N-methyl/N-ethyl adjacent to an activating group) is 1. The van der Waals surface area contributed by atoms with Crippen LogP contribution in [-0.2, 0) is 19.2 Å². The van der Waals surface area contributed by atoms with Gasteiger partial charge < -0.3 is 44.5 Å². The van der Waals surface area contributed by atoms with E-state index in [0.717, 1.165) is 57.7 Å². The first kappa shape index (κ1) is 69.2. The van der Waals surface area contributed by atoms with Gasteiger partial charge in [-0.2, -0.15) is 0 Å². The van der Waals surface area contributed by atoms with E-state index in [4.69, 9.17) is 4.98 Å². The zero-order chi connectivity index (χ0) is 72.5. The zero-order valence-electron chi connectivity index (χ0n) is 57.7. The number of aromatic nitrogens is 4. The lowest BCUT2D eigenvalue weighted by Gasteiger charge is -2.53. The monoisotopic (exact) mass is 1390 g/mol. The average Bonchev–Trinajstić information content (AvgIpc) is 0.700. The van der Waals surface area contributed by atoms with Crippen LogP contribution >= 0.6 is 0 Å². The number of fused-ring (bicyclic) bond motifs is 10. The van der Waals surface area contributed by atoms with Crippen molar-refractivity contribution in [3.63, 3.8) is 0 Å². The second kappa shape index (κ2) is 26.0. The fraction of sp³-hybridized carbons (Fsp3) is 0.360. The fourth-order valence-corrected chi connectivity index (χ4v) is 15.5. The van der Waals surface area contributed by atoms with E-state index in [1.165, 1.54) is 50.1 Å². The maximum atomic E-state index is 18.4. The number of carbonyl (C=O) groups is 4. The largest absolute Gasteiger partial charge is 0.507 e. The van der Waals surface area contributed by atoms with E-state index in [1.54, 1.807) is 57.4 Å². The third-order valence-electron chi connectivity index (χ3n) is 20.2. The second-order valence-corrected chi connectivity index (χ2v) is 27.9. The van der Waals surface area contributed by atoms with Crippen LogP contribution < -0.4 is 30.7 Å². The zero-order valence-corrected chi connectivity index (χ0v) is 57.7. The number of likely N-dealkylation sites (tertiary alicyclic amines) is 1. The third kappa shape index (κ3) is 11.1. The average molecular weight is 1390 g/mol. The van der Waals surface area contributed by atoms with Gasteiger partial charge in [0.05, 0.1) is 92.2 Å². The number of anilines is 4. The molecule has 4 atom stereocenters. The summed E-state index contributed by atoms with van der Waals surface area (Å²) >= 11 is 0. The Morgan fingerprint density at radius 2 is 1.13 bits per heavy atom. The normalized spacial score (nSPS) is 18.8. The number of benzene rings is 4. The number of aryl methyl sites for hydroxylation is 2. The smallest absolute Gasteiger partial charge is 0.281 e. The first-order valence-electron chi connectivity index (χ1n) is 33.5. The van der Waals surface area contributed by atoms with E-state index in [-0.39, 0.29) is 100 Å². The van der Waals surface area contributed by atoms with Crippen molar-refractivity contribution in [3.8, 4) is 45.1 Å². The predicted molar refractivity (Wildman–Crippen MR) is 374 cm³/mol. The van der Waals surface area contributed by atoms with Gasteiger partial charge in [0.25, 0.3) is 22.9 Å². The number of phenols is 2. The third-order valence-corrected chi connectivity index (χ3v) is 20.2. The molecule has 4 amide bonds. The lowest BCUT2D eigenvalue weighted by Crippen LogP contribution is -2.71. The van der Waals surface area contributed by atoms with Gasteiger partial charge in [-0.1, -0.05) is 46.4 Å². The highest BCUT2D eigenvalue weighted by atomic mass is 19.2. The lowest BCUT2D eigenvalue weighted by atomic mass is 9.93. The van der Waals surface area contributed by atoms with E-state index in [2.05, 4.69) is 11.6 Å². The molecule has 526 valence electrons.